The molecule has 0 saturated heterocycles. The van der Waals surface area contributed by atoms with Crippen LogP contribution in [0, 0.1) is 0 Å². The lowest BCUT2D eigenvalue weighted by atomic mass is 10.1. The Morgan fingerprint density at radius 3 is 2.73 bits per heavy atom. The topological polar surface area (TPSA) is 29.9 Å². The van der Waals surface area contributed by atoms with Gasteiger partial charge in [0.15, 0.2) is 0 Å². The van der Waals surface area contributed by atoms with Gasteiger partial charge < -0.3 is 9.88 Å². The van der Waals surface area contributed by atoms with Gasteiger partial charge in [-0.15, -0.1) is 0 Å². The van der Waals surface area contributed by atoms with Gasteiger partial charge >= 0.3 is 0 Å². The Labute approximate surface area is 99.4 Å². The van der Waals surface area contributed by atoms with Crippen LogP contribution >= 0.6 is 15.9 Å². The summed E-state index contributed by atoms with van der Waals surface area (Å²) in [5, 5.41) is 3.15. The molecule has 1 saturated carbocycles. The zero-order valence-corrected chi connectivity index (χ0v) is 11.0. The molecule has 15 heavy (non-hydrogen) atoms. The van der Waals surface area contributed by atoms with E-state index in [1.165, 1.54) is 31.4 Å². The molecule has 0 spiro atoms. The molecule has 0 aromatic carbocycles. The molecular formula is C11H18BrN3. The largest absolute Gasteiger partial charge is 0.333 e. The molecule has 0 bridgehead atoms. The van der Waals surface area contributed by atoms with E-state index >= 15 is 0 Å². The highest BCUT2D eigenvalue weighted by molar-refractivity contribution is 9.10. The zero-order valence-electron chi connectivity index (χ0n) is 9.39. The summed E-state index contributed by atoms with van der Waals surface area (Å²) in [7, 11) is 4.08. The van der Waals surface area contributed by atoms with E-state index < -0.39 is 0 Å². The van der Waals surface area contributed by atoms with Crippen molar-refractivity contribution >= 4 is 15.9 Å². The third kappa shape index (κ3) is 2.11. The molecule has 1 fully saturated rings. The van der Waals surface area contributed by atoms with Crippen LogP contribution in [-0.4, -0.2) is 16.6 Å². The van der Waals surface area contributed by atoms with Crippen molar-refractivity contribution in [3.05, 3.63) is 16.1 Å². The van der Waals surface area contributed by atoms with Crippen LogP contribution in [-0.2, 0) is 13.6 Å². The van der Waals surface area contributed by atoms with Gasteiger partial charge in [-0.25, -0.2) is 4.98 Å². The highest BCUT2D eigenvalue weighted by atomic mass is 79.9. The number of rotatable bonds is 3. The smallest absolute Gasteiger partial charge is 0.127 e. The Kier molecular flexibility index (Phi) is 3.46. The summed E-state index contributed by atoms with van der Waals surface area (Å²) in [6, 6.07) is 0. The van der Waals surface area contributed by atoms with Crippen LogP contribution in [0.3, 0.4) is 0 Å². The maximum Gasteiger partial charge on any atom is 0.127 e. The molecule has 1 aromatic heterocycles. The van der Waals surface area contributed by atoms with Crippen molar-refractivity contribution in [2.24, 2.45) is 7.05 Å². The van der Waals surface area contributed by atoms with Crippen molar-refractivity contribution in [1.29, 1.82) is 0 Å². The van der Waals surface area contributed by atoms with E-state index in [4.69, 9.17) is 0 Å². The van der Waals surface area contributed by atoms with E-state index in [2.05, 4.69) is 37.8 Å². The SMILES string of the molecule is CNCc1nc(Br)c(C2CCCC2)n1C. The summed E-state index contributed by atoms with van der Waals surface area (Å²) in [6.07, 6.45) is 5.36. The standard InChI is InChI=1S/C11H18BrN3/c1-13-7-9-14-11(12)10(15(9)2)8-5-3-4-6-8/h8,13H,3-7H2,1-2H3. The van der Waals surface area contributed by atoms with Gasteiger partial charge in [-0.2, -0.15) is 0 Å². The van der Waals surface area contributed by atoms with Gasteiger partial charge in [-0.05, 0) is 35.8 Å². The summed E-state index contributed by atoms with van der Waals surface area (Å²) in [5.41, 5.74) is 1.39. The van der Waals surface area contributed by atoms with Crippen molar-refractivity contribution in [2.45, 2.75) is 38.1 Å². The van der Waals surface area contributed by atoms with E-state index in [0.29, 0.717) is 5.92 Å². The van der Waals surface area contributed by atoms with Gasteiger partial charge in [-0.1, -0.05) is 12.8 Å². The summed E-state index contributed by atoms with van der Waals surface area (Å²) in [6.45, 7) is 0.835. The number of nitrogens with zero attached hydrogens (tertiary/aromatic N) is 2. The average molecular weight is 272 g/mol. The minimum absolute atomic E-state index is 0.711. The molecule has 4 heteroatoms. The predicted molar refractivity (Wildman–Crippen MR) is 64.9 cm³/mol. The van der Waals surface area contributed by atoms with Crippen LogP contribution in [0.5, 0.6) is 0 Å². The molecule has 0 amide bonds. The first kappa shape index (κ1) is 11.1. The van der Waals surface area contributed by atoms with E-state index in [0.717, 1.165) is 17.0 Å². The van der Waals surface area contributed by atoms with Crippen molar-refractivity contribution in [2.75, 3.05) is 7.05 Å². The van der Waals surface area contributed by atoms with Crippen LogP contribution in [0.25, 0.3) is 0 Å². The first-order chi connectivity index (χ1) is 7.24. The fourth-order valence-electron chi connectivity index (χ4n) is 2.48. The van der Waals surface area contributed by atoms with E-state index in [1.54, 1.807) is 0 Å². The molecule has 1 N–H and O–H groups in total. The maximum atomic E-state index is 4.56. The Balaban J connectivity index is 2.29. The lowest BCUT2D eigenvalue weighted by Gasteiger charge is -2.11. The normalized spacial score (nSPS) is 17.5. The van der Waals surface area contributed by atoms with Crippen LogP contribution < -0.4 is 5.32 Å². The fraction of sp³-hybridized carbons (Fsp3) is 0.727. The Bertz CT molecular complexity index is 340. The molecule has 2 rings (SSSR count). The summed E-state index contributed by atoms with van der Waals surface area (Å²) in [4.78, 5) is 4.56. The molecule has 0 radical (unpaired) electrons. The van der Waals surface area contributed by atoms with Gasteiger partial charge in [0.1, 0.15) is 10.4 Å². The van der Waals surface area contributed by atoms with Crippen molar-refractivity contribution in [3.63, 3.8) is 0 Å². The third-order valence-electron chi connectivity index (χ3n) is 3.26. The Hall–Kier alpha value is -0.350. The molecule has 0 atom stereocenters. The number of imidazole rings is 1. The van der Waals surface area contributed by atoms with Gasteiger partial charge in [0.25, 0.3) is 0 Å². The second kappa shape index (κ2) is 4.66. The molecule has 1 aliphatic carbocycles. The Morgan fingerprint density at radius 2 is 2.13 bits per heavy atom. The van der Waals surface area contributed by atoms with Crippen LogP contribution in [0.4, 0.5) is 0 Å². The number of hydrogen-bond donors (Lipinski definition) is 1. The molecular weight excluding hydrogens is 254 g/mol. The number of hydrogen-bond acceptors (Lipinski definition) is 2. The highest BCUT2D eigenvalue weighted by Crippen LogP contribution is 2.37. The lowest BCUT2D eigenvalue weighted by Crippen LogP contribution is -2.12. The maximum absolute atomic E-state index is 4.56. The van der Waals surface area contributed by atoms with Crippen molar-refractivity contribution in [3.8, 4) is 0 Å². The van der Waals surface area contributed by atoms with Crippen LogP contribution in [0.1, 0.15) is 43.1 Å². The third-order valence-corrected chi connectivity index (χ3v) is 3.85. The van der Waals surface area contributed by atoms with Gasteiger partial charge in [-0.3, -0.25) is 0 Å². The first-order valence-electron chi connectivity index (χ1n) is 5.59. The second-order valence-corrected chi connectivity index (χ2v) is 5.03. The number of halogens is 1. The molecule has 3 nitrogen and oxygen atoms in total. The van der Waals surface area contributed by atoms with Crippen molar-refractivity contribution in [1.82, 2.24) is 14.9 Å². The molecule has 1 heterocycles. The lowest BCUT2D eigenvalue weighted by molar-refractivity contribution is 0.626. The summed E-state index contributed by atoms with van der Waals surface area (Å²) in [5.74, 6) is 1.83. The summed E-state index contributed by atoms with van der Waals surface area (Å²) >= 11 is 3.59. The average Bonchev–Trinajstić information content (AvgIpc) is 2.77. The highest BCUT2D eigenvalue weighted by Gasteiger charge is 2.24. The van der Waals surface area contributed by atoms with E-state index in [9.17, 15) is 0 Å². The van der Waals surface area contributed by atoms with E-state index in [1.807, 2.05) is 7.05 Å². The minimum Gasteiger partial charge on any atom is -0.333 e. The van der Waals surface area contributed by atoms with E-state index in [-0.39, 0.29) is 0 Å². The predicted octanol–water partition coefficient (Wildman–Crippen LogP) is 2.56. The van der Waals surface area contributed by atoms with Crippen LogP contribution in [0.15, 0.2) is 4.60 Å². The molecule has 1 aromatic rings. The molecule has 1 aliphatic rings. The van der Waals surface area contributed by atoms with Gasteiger partial charge in [0.05, 0.1) is 12.2 Å². The van der Waals surface area contributed by atoms with Gasteiger partial charge in [0, 0.05) is 13.0 Å². The van der Waals surface area contributed by atoms with Gasteiger partial charge in [0.2, 0.25) is 0 Å². The fourth-order valence-corrected chi connectivity index (χ4v) is 3.28. The molecule has 0 aliphatic heterocycles. The molecule has 0 unspecified atom stereocenters. The first-order valence-corrected chi connectivity index (χ1v) is 6.39. The summed E-state index contributed by atoms with van der Waals surface area (Å²) < 4.78 is 3.29. The quantitative estimate of drug-likeness (QED) is 0.916. The number of nitrogens with one attached hydrogen (secondary N) is 1. The van der Waals surface area contributed by atoms with Crippen molar-refractivity contribution < 1.29 is 0 Å². The molecule has 84 valence electrons. The minimum atomic E-state index is 0.711. The zero-order chi connectivity index (χ0) is 10.8. The number of aromatic nitrogens is 2. The van der Waals surface area contributed by atoms with Crippen LogP contribution in [0.2, 0.25) is 0 Å². The monoisotopic (exact) mass is 271 g/mol. The second-order valence-electron chi connectivity index (χ2n) is 4.27. The Morgan fingerprint density at radius 1 is 1.47 bits per heavy atom.